The summed E-state index contributed by atoms with van der Waals surface area (Å²) >= 11 is 0. The van der Waals surface area contributed by atoms with Crippen molar-refractivity contribution in [2.75, 3.05) is 19.5 Å². The van der Waals surface area contributed by atoms with Crippen molar-refractivity contribution in [3.8, 4) is 22.8 Å². The molecule has 30 heavy (non-hydrogen) atoms. The number of H-pyrrole nitrogens is 1. The van der Waals surface area contributed by atoms with Crippen LogP contribution in [0.1, 0.15) is 17.2 Å². The Kier molecular flexibility index (Phi) is 4.16. The summed E-state index contributed by atoms with van der Waals surface area (Å²) in [6.07, 6.45) is 0. The van der Waals surface area contributed by atoms with Gasteiger partial charge in [-0.1, -0.05) is 17.2 Å². The Labute approximate surface area is 170 Å². The number of rotatable bonds is 4. The van der Waals surface area contributed by atoms with E-state index in [4.69, 9.17) is 9.47 Å². The van der Waals surface area contributed by atoms with Gasteiger partial charge in [0.2, 0.25) is 5.95 Å². The van der Waals surface area contributed by atoms with E-state index in [1.165, 1.54) is 0 Å². The van der Waals surface area contributed by atoms with E-state index in [1.54, 1.807) is 18.9 Å². The monoisotopic (exact) mass is 403 g/mol. The minimum absolute atomic E-state index is 0.353. The highest BCUT2D eigenvalue weighted by molar-refractivity contribution is 5.75. The molecule has 0 spiro atoms. The second-order valence-electron chi connectivity index (χ2n) is 6.67. The van der Waals surface area contributed by atoms with E-state index in [0.29, 0.717) is 28.6 Å². The Hall–Kier alpha value is -4.21. The van der Waals surface area contributed by atoms with Gasteiger partial charge in [0.25, 0.3) is 5.56 Å². The van der Waals surface area contributed by atoms with Crippen molar-refractivity contribution in [2.45, 2.75) is 6.04 Å². The van der Waals surface area contributed by atoms with Crippen LogP contribution in [-0.4, -0.2) is 44.6 Å². The first-order valence-electron chi connectivity index (χ1n) is 9.15. The molecule has 150 valence electrons. The fraction of sp³-hybridized carbons (Fsp3) is 0.150. The molecule has 0 amide bonds. The average Bonchev–Trinajstić information content (AvgIpc) is 3.27. The van der Waals surface area contributed by atoms with Gasteiger partial charge in [0.05, 0.1) is 19.9 Å². The second-order valence-corrected chi connectivity index (χ2v) is 6.67. The molecule has 0 radical (unpaired) electrons. The van der Waals surface area contributed by atoms with Gasteiger partial charge in [-0.15, -0.1) is 0 Å². The zero-order valence-electron chi connectivity index (χ0n) is 16.2. The molecule has 10 nitrogen and oxygen atoms in total. The van der Waals surface area contributed by atoms with Crippen molar-refractivity contribution in [3.63, 3.8) is 0 Å². The van der Waals surface area contributed by atoms with Crippen LogP contribution < -0.4 is 20.3 Å². The van der Waals surface area contributed by atoms with Gasteiger partial charge in [-0.25, -0.2) is 5.10 Å². The van der Waals surface area contributed by atoms with Crippen LogP contribution in [0.25, 0.3) is 11.3 Å². The molecule has 0 saturated carbocycles. The van der Waals surface area contributed by atoms with E-state index in [9.17, 15) is 4.79 Å². The molecule has 1 aliphatic rings. The number of tetrazole rings is 1. The molecule has 0 aliphatic carbocycles. The third-order valence-electron chi connectivity index (χ3n) is 5.04. The quantitative estimate of drug-likeness (QED) is 0.468. The van der Waals surface area contributed by atoms with E-state index >= 15 is 0 Å². The van der Waals surface area contributed by atoms with Crippen LogP contribution in [0, 0.1) is 0 Å². The van der Waals surface area contributed by atoms with Crippen molar-refractivity contribution < 1.29 is 9.47 Å². The van der Waals surface area contributed by atoms with Crippen LogP contribution in [0.15, 0.2) is 53.3 Å². The standard InChI is InChI=1S/C20H17N7O3/c1-29-13-8-6-11(7-9-13)16-15-17(19(28)23-22-16)21-20-24-25-26-27(20)18(15)12-4-3-5-14(10-12)30-2/h3-10,18H,1-2H3,(H,23,28)(H,21,24,26). The summed E-state index contributed by atoms with van der Waals surface area (Å²) in [4.78, 5) is 12.7. The molecule has 2 aromatic carbocycles. The van der Waals surface area contributed by atoms with E-state index in [1.807, 2.05) is 48.5 Å². The molecule has 5 rings (SSSR count). The number of hydrogen-bond acceptors (Lipinski definition) is 8. The van der Waals surface area contributed by atoms with E-state index in [-0.39, 0.29) is 5.56 Å². The highest BCUT2D eigenvalue weighted by Crippen LogP contribution is 2.41. The predicted molar refractivity (Wildman–Crippen MR) is 108 cm³/mol. The maximum Gasteiger partial charge on any atom is 0.288 e. The van der Waals surface area contributed by atoms with Gasteiger partial charge in [-0.3, -0.25) is 4.79 Å². The molecule has 10 heteroatoms. The number of methoxy groups -OCH3 is 2. The number of benzene rings is 2. The topological polar surface area (TPSA) is 120 Å². The molecular weight excluding hydrogens is 386 g/mol. The van der Waals surface area contributed by atoms with Gasteiger partial charge in [0.15, 0.2) is 0 Å². The third kappa shape index (κ3) is 2.77. The lowest BCUT2D eigenvalue weighted by Crippen LogP contribution is -2.29. The maximum atomic E-state index is 12.7. The van der Waals surface area contributed by atoms with Crippen LogP contribution in [0.4, 0.5) is 11.6 Å². The van der Waals surface area contributed by atoms with Crippen LogP contribution >= 0.6 is 0 Å². The average molecular weight is 403 g/mol. The summed E-state index contributed by atoms with van der Waals surface area (Å²) < 4.78 is 12.3. The number of aromatic nitrogens is 6. The van der Waals surface area contributed by atoms with E-state index < -0.39 is 6.04 Å². The Morgan fingerprint density at radius 2 is 1.83 bits per heavy atom. The first-order chi connectivity index (χ1) is 14.7. The Morgan fingerprint density at radius 1 is 1.03 bits per heavy atom. The van der Waals surface area contributed by atoms with Gasteiger partial charge in [0.1, 0.15) is 23.2 Å². The van der Waals surface area contributed by atoms with Crippen LogP contribution in [0.3, 0.4) is 0 Å². The van der Waals surface area contributed by atoms with Crippen LogP contribution in [-0.2, 0) is 0 Å². The largest absolute Gasteiger partial charge is 0.497 e. The summed E-state index contributed by atoms with van der Waals surface area (Å²) in [6.45, 7) is 0. The molecule has 4 aromatic rings. The highest BCUT2D eigenvalue weighted by Gasteiger charge is 2.34. The van der Waals surface area contributed by atoms with E-state index in [2.05, 4.69) is 31.0 Å². The number of aromatic amines is 1. The minimum Gasteiger partial charge on any atom is -0.497 e. The summed E-state index contributed by atoms with van der Waals surface area (Å²) in [7, 11) is 3.21. The molecule has 0 bridgehead atoms. The summed E-state index contributed by atoms with van der Waals surface area (Å²) in [5, 5.41) is 21.9. The number of fused-ring (bicyclic) bond motifs is 2. The van der Waals surface area contributed by atoms with Gasteiger partial charge in [-0.05, 0) is 52.4 Å². The normalized spacial score (nSPS) is 14.4. The summed E-state index contributed by atoms with van der Waals surface area (Å²) in [5.41, 5.74) is 2.93. The van der Waals surface area contributed by atoms with Gasteiger partial charge < -0.3 is 14.8 Å². The van der Waals surface area contributed by atoms with Gasteiger partial charge >= 0.3 is 0 Å². The Balaban J connectivity index is 1.78. The lowest BCUT2D eigenvalue weighted by molar-refractivity contribution is 0.413. The van der Waals surface area contributed by atoms with Crippen molar-refractivity contribution >= 4 is 11.6 Å². The van der Waals surface area contributed by atoms with Crippen LogP contribution in [0.5, 0.6) is 11.5 Å². The fourth-order valence-electron chi connectivity index (χ4n) is 3.63. The van der Waals surface area contributed by atoms with Gasteiger partial charge in [0, 0.05) is 11.1 Å². The van der Waals surface area contributed by atoms with Crippen LogP contribution in [0.2, 0.25) is 0 Å². The maximum absolute atomic E-state index is 12.7. The highest BCUT2D eigenvalue weighted by atomic mass is 16.5. The molecule has 2 aromatic heterocycles. The Morgan fingerprint density at radius 3 is 2.60 bits per heavy atom. The second kappa shape index (κ2) is 6.99. The SMILES string of the molecule is COc1ccc(-c2n[nH]c(=O)c3c2C(c2cccc(OC)c2)n2nnnc2N3)cc1. The lowest BCUT2D eigenvalue weighted by atomic mass is 9.92. The minimum atomic E-state index is -0.478. The molecule has 1 atom stereocenters. The number of hydrogen-bond donors (Lipinski definition) is 2. The third-order valence-corrected chi connectivity index (χ3v) is 5.04. The predicted octanol–water partition coefficient (Wildman–Crippen LogP) is 2.14. The molecular formula is C20H17N7O3. The lowest BCUT2D eigenvalue weighted by Gasteiger charge is -2.28. The molecule has 1 aliphatic heterocycles. The summed E-state index contributed by atoms with van der Waals surface area (Å²) in [6, 6.07) is 14.5. The molecule has 0 saturated heterocycles. The number of anilines is 2. The zero-order chi connectivity index (χ0) is 20.7. The number of nitrogens with one attached hydrogen (secondary N) is 2. The van der Waals surface area contributed by atoms with Gasteiger partial charge in [-0.2, -0.15) is 9.78 Å². The van der Waals surface area contributed by atoms with Crippen molar-refractivity contribution in [3.05, 3.63) is 70.0 Å². The first kappa shape index (κ1) is 17.9. The number of ether oxygens (including phenoxy) is 2. The molecule has 3 heterocycles. The zero-order valence-corrected chi connectivity index (χ0v) is 16.2. The van der Waals surface area contributed by atoms with Crippen molar-refractivity contribution in [2.24, 2.45) is 0 Å². The molecule has 2 N–H and O–H groups in total. The number of nitrogens with zero attached hydrogens (tertiary/aromatic N) is 5. The first-order valence-corrected chi connectivity index (χ1v) is 9.15. The summed E-state index contributed by atoms with van der Waals surface area (Å²) in [5.74, 6) is 1.78. The fourth-order valence-corrected chi connectivity index (χ4v) is 3.63. The van der Waals surface area contributed by atoms with E-state index in [0.717, 1.165) is 16.9 Å². The van der Waals surface area contributed by atoms with Crippen molar-refractivity contribution in [1.29, 1.82) is 0 Å². The molecule has 0 fully saturated rings. The van der Waals surface area contributed by atoms with Crippen molar-refractivity contribution in [1.82, 2.24) is 30.4 Å². The smallest absolute Gasteiger partial charge is 0.288 e. The molecule has 1 unspecified atom stereocenters. The Bertz CT molecular complexity index is 1280.